The number of nitrogens with one attached hydrogen (secondary N) is 1. The maximum atomic E-state index is 12.3. The maximum Gasteiger partial charge on any atom is 0.170 e. The lowest BCUT2D eigenvalue weighted by molar-refractivity contribution is 0.0682. The van der Waals surface area contributed by atoms with Crippen LogP contribution in [0, 0.1) is 5.92 Å². The number of hydrogen-bond acceptors (Lipinski definition) is 4. The molecule has 1 aromatic carbocycles. The Labute approximate surface area is 113 Å². The minimum Gasteiger partial charge on any atom is -0.497 e. The fourth-order valence-corrected chi connectivity index (χ4v) is 2.91. The lowest BCUT2D eigenvalue weighted by atomic mass is 9.87. The van der Waals surface area contributed by atoms with E-state index >= 15 is 0 Å². The van der Waals surface area contributed by atoms with E-state index in [9.17, 15) is 4.79 Å². The summed E-state index contributed by atoms with van der Waals surface area (Å²) in [6.45, 7) is 2.02. The standard InChI is InChI=1S/C15H19NO3/c1-18-11-4-5-14-12(7-11)13(17)8-15(19-14)10-3-2-6-16-9-10/h4-5,7,10,15-16H,2-3,6,8-9H2,1H3. The molecule has 0 saturated carbocycles. The van der Waals surface area contributed by atoms with E-state index in [-0.39, 0.29) is 11.9 Å². The summed E-state index contributed by atoms with van der Waals surface area (Å²) in [6, 6.07) is 5.45. The molecule has 4 nitrogen and oxygen atoms in total. The Bertz CT molecular complexity index is 480. The molecule has 102 valence electrons. The van der Waals surface area contributed by atoms with E-state index in [4.69, 9.17) is 9.47 Å². The number of carbonyl (C=O) groups excluding carboxylic acids is 1. The molecule has 2 aliphatic rings. The zero-order valence-corrected chi connectivity index (χ0v) is 11.1. The predicted octanol–water partition coefficient (Wildman–Crippen LogP) is 2.03. The first-order chi connectivity index (χ1) is 9.28. The van der Waals surface area contributed by atoms with Crippen LogP contribution in [-0.4, -0.2) is 32.1 Å². The van der Waals surface area contributed by atoms with Gasteiger partial charge >= 0.3 is 0 Å². The average molecular weight is 261 g/mol. The van der Waals surface area contributed by atoms with E-state index in [0.29, 0.717) is 29.4 Å². The van der Waals surface area contributed by atoms with Crippen molar-refractivity contribution in [2.75, 3.05) is 20.2 Å². The Morgan fingerprint density at radius 2 is 2.32 bits per heavy atom. The second kappa shape index (κ2) is 5.21. The van der Waals surface area contributed by atoms with Gasteiger partial charge in [0, 0.05) is 18.9 Å². The second-order valence-corrected chi connectivity index (χ2v) is 5.25. The quantitative estimate of drug-likeness (QED) is 0.885. The van der Waals surface area contributed by atoms with Gasteiger partial charge in [-0.25, -0.2) is 0 Å². The minimum absolute atomic E-state index is 0.0150. The first kappa shape index (κ1) is 12.5. The van der Waals surface area contributed by atoms with Crippen molar-refractivity contribution >= 4 is 5.78 Å². The normalized spacial score (nSPS) is 26.5. The highest BCUT2D eigenvalue weighted by atomic mass is 16.5. The highest BCUT2D eigenvalue weighted by molar-refractivity contribution is 6.00. The summed E-state index contributed by atoms with van der Waals surface area (Å²) in [7, 11) is 1.60. The highest BCUT2D eigenvalue weighted by Gasteiger charge is 2.33. The number of ketones is 1. The van der Waals surface area contributed by atoms with Gasteiger partial charge in [-0.3, -0.25) is 4.79 Å². The molecule has 1 fully saturated rings. The Morgan fingerprint density at radius 1 is 1.42 bits per heavy atom. The van der Waals surface area contributed by atoms with E-state index in [1.807, 2.05) is 12.1 Å². The molecule has 1 aromatic rings. The van der Waals surface area contributed by atoms with Gasteiger partial charge < -0.3 is 14.8 Å². The van der Waals surface area contributed by atoms with Crippen LogP contribution in [0.3, 0.4) is 0 Å². The van der Waals surface area contributed by atoms with Gasteiger partial charge in [-0.15, -0.1) is 0 Å². The molecule has 0 radical (unpaired) electrons. The zero-order chi connectivity index (χ0) is 13.2. The van der Waals surface area contributed by atoms with Crippen LogP contribution in [0.2, 0.25) is 0 Å². The van der Waals surface area contributed by atoms with Crippen molar-refractivity contribution in [1.82, 2.24) is 5.32 Å². The average Bonchev–Trinajstić information content (AvgIpc) is 2.48. The fourth-order valence-electron chi connectivity index (χ4n) is 2.91. The molecule has 2 atom stereocenters. The molecule has 0 spiro atoms. The molecule has 19 heavy (non-hydrogen) atoms. The molecule has 3 rings (SSSR count). The number of hydrogen-bond donors (Lipinski definition) is 1. The first-order valence-electron chi connectivity index (χ1n) is 6.86. The van der Waals surface area contributed by atoms with E-state index in [1.165, 1.54) is 0 Å². The van der Waals surface area contributed by atoms with Crippen molar-refractivity contribution in [3.05, 3.63) is 23.8 Å². The van der Waals surface area contributed by atoms with Crippen LogP contribution in [0.15, 0.2) is 18.2 Å². The summed E-state index contributed by atoms with van der Waals surface area (Å²) in [4.78, 5) is 12.3. The maximum absolute atomic E-state index is 12.3. The first-order valence-corrected chi connectivity index (χ1v) is 6.86. The van der Waals surface area contributed by atoms with Crippen LogP contribution in [0.25, 0.3) is 0 Å². The molecule has 0 aromatic heterocycles. The molecule has 0 amide bonds. The summed E-state index contributed by atoms with van der Waals surface area (Å²) in [5.41, 5.74) is 0.652. The number of piperidine rings is 1. The molecule has 2 heterocycles. The van der Waals surface area contributed by atoms with Gasteiger partial charge in [0.15, 0.2) is 5.78 Å². The molecular formula is C15H19NO3. The van der Waals surface area contributed by atoms with Gasteiger partial charge in [-0.05, 0) is 37.6 Å². The third kappa shape index (κ3) is 2.45. The third-order valence-electron chi connectivity index (χ3n) is 4.01. The van der Waals surface area contributed by atoms with Gasteiger partial charge in [0.1, 0.15) is 17.6 Å². The molecule has 0 aliphatic carbocycles. The van der Waals surface area contributed by atoms with Gasteiger partial charge in [-0.2, -0.15) is 0 Å². The van der Waals surface area contributed by atoms with E-state index in [2.05, 4.69) is 5.32 Å². The summed E-state index contributed by atoms with van der Waals surface area (Å²) >= 11 is 0. The molecule has 1 N–H and O–H groups in total. The lowest BCUT2D eigenvalue weighted by Gasteiger charge is -2.34. The topological polar surface area (TPSA) is 47.6 Å². The van der Waals surface area contributed by atoms with Gasteiger partial charge in [0.05, 0.1) is 12.7 Å². The number of Topliss-reactive ketones (excluding diaryl/α,β-unsaturated/α-hetero) is 1. The Balaban J connectivity index is 1.81. The van der Waals surface area contributed by atoms with Crippen molar-refractivity contribution in [2.24, 2.45) is 5.92 Å². The minimum atomic E-state index is 0.0150. The Kier molecular flexibility index (Phi) is 3.42. The van der Waals surface area contributed by atoms with Crippen LogP contribution >= 0.6 is 0 Å². The molecule has 2 aliphatic heterocycles. The Hall–Kier alpha value is -1.55. The summed E-state index contributed by atoms with van der Waals surface area (Å²) in [6.07, 6.45) is 2.79. The molecule has 0 bridgehead atoms. The van der Waals surface area contributed by atoms with Gasteiger partial charge in [-0.1, -0.05) is 0 Å². The number of benzene rings is 1. The van der Waals surface area contributed by atoms with Crippen molar-refractivity contribution < 1.29 is 14.3 Å². The molecule has 2 unspecified atom stereocenters. The van der Waals surface area contributed by atoms with Crippen LogP contribution in [0.4, 0.5) is 0 Å². The number of carbonyl (C=O) groups is 1. The number of fused-ring (bicyclic) bond motifs is 1. The molecule has 4 heteroatoms. The van der Waals surface area contributed by atoms with E-state index in [0.717, 1.165) is 25.9 Å². The number of ether oxygens (including phenoxy) is 2. The van der Waals surface area contributed by atoms with Crippen LogP contribution < -0.4 is 14.8 Å². The van der Waals surface area contributed by atoms with Crippen LogP contribution in [0.5, 0.6) is 11.5 Å². The SMILES string of the molecule is COc1ccc2c(c1)C(=O)CC(C1CCCNC1)O2. The summed E-state index contributed by atoms with van der Waals surface area (Å²) in [5.74, 6) is 2.00. The predicted molar refractivity (Wildman–Crippen MR) is 72.0 cm³/mol. The van der Waals surface area contributed by atoms with E-state index in [1.54, 1.807) is 13.2 Å². The molecular weight excluding hydrogens is 242 g/mol. The monoisotopic (exact) mass is 261 g/mol. The fraction of sp³-hybridized carbons (Fsp3) is 0.533. The van der Waals surface area contributed by atoms with Crippen LogP contribution in [0.1, 0.15) is 29.6 Å². The van der Waals surface area contributed by atoms with Crippen molar-refractivity contribution in [3.63, 3.8) is 0 Å². The lowest BCUT2D eigenvalue weighted by Crippen LogP contribution is -2.42. The third-order valence-corrected chi connectivity index (χ3v) is 4.01. The summed E-state index contributed by atoms with van der Waals surface area (Å²) < 4.78 is 11.2. The highest BCUT2D eigenvalue weighted by Crippen LogP contribution is 2.34. The van der Waals surface area contributed by atoms with Gasteiger partial charge in [0.25, 0.3) is 0 Å². The van der Waals surface area contributed by atoms with Crippen LogP contribution in [-0.2, 0) is 0 Å². The smallest absolute Gasteiger partial charge is 0.170 e. The summed E-state index contributed by atoms with van der Waals surface area (Å²) in [5, 5.41) is 3.38. The van der Waals surface area contributed by atoms with Crippen molar-refractivity contribution in [2.45, 2.75) is 25.4 Å². The zero-order valence-electron chi connectivity index (χ0n) is 11.1. The van der Waals surface area contributed by atoms with Crippen molar-refractivity contribution in [1.29, 1.82) is 0 Å². The van der Waals surface area contributed by atoms with E-state index < -0.39 is 0 Å². The molecule has 1 saturated heterocycles. The largest absolute Gasteiger partial charge is 0.497 e. The van der Waals surface area contributed by atoms with Gasteiger partial charge in [0.2, 0.25) is 0 Å². The Morgan fingerprint density at radius 3 is 3.05 bits per heavy atom. The second-order valence-electron chi connectivity index (χ2n) is 5.25. The van der Waals surface area contributed by atoms with Crippen molar-refractivity contribution in [3.8, 4) is 11.5 Å². The number of methoxy groups -OCH3 is 1. The number of rotatable bonds is 2.